The molecule has 1 saturated heterocycles. The molecule has 3 atom stereocenters. The van der Waals surface area contributed by atoms with Gasteiger partial charge < -0.3 is 25.7 Å². The topological polar surface area (TPSA) is 119 Å². The minimum absolute atomic E-state index is 0.00880. The molecular formula is C18H22FN3O5. The molecule has 1 aliphatic carbocycles. The van der Waals surface area contributed by atoms with Crippen molar-refractivity contribution < 1.29 is 29.0 Å². The van der Waals surface area contributed by atoms with E-state index in [9.17, 15) is 29.0 Å². The number of halogens is 1. The van der Waals surface area contributed by atoms with Crippen molar-refractivity contribution in [3.8, 4) is 5.75 Å². The molecule has 27 heavy (non-hydrogen) atoms. The molecule has 1 aliphatic heterocycles. The monoisotopic (exact) mass is 379 g/mol. The molecule has 3 rings (SSSR count). The van der Waals surface area contributed by atoms with Gasteiger partial charge in [-0.15, -0.1) is 0 Å². The zero-order valence-corrected chi connectivity index (χ0v) is 14.7. The first-order valence-corrected chi connectivity index (χ1v) is 8.84. The van der Waals surface area contributed by atoms with Crippen molar-refractivity contribution in [2.45, 2.75) is 31.4 Å². The maximum Gasteiger partial charge on any atom is 0.239 e. The summed E-state index contributed by atoms with van der Waals surface area (Å²) in [4.78, 5) is 37.6. The number of phenolic OH excluding ortho intramolecular Hbond substituents is 1. The van der Waals surface area contributed by atoms with E-state index >= 15 is 0 Å². The number of aliphatic hydroxyl groups is 1. The van der Waals surface area contributed by atoms with E-state index < -0.39 is 35.5 Å². The standard InChI is InChI=1S/C18H22FN3O5/c19-12-5-10(1-2-14(12)23)6-16(25)21-13-7-11(8-15(13)24)18(27)22-4-3-20-17(26)9-22/h1-2,5,11,13,15,23-24H,3-4,6-9H2,(H,20,26)(H,21,25)/t11-,13+,15+/m0/s1. The second-order valence-electron chi connectivity index (χ2n) is 6.98. The number of benzene rings is 1. The lowest BCUT2D eigenvalue weighted by atomic mass is 10.1. The molecule has 1 saturated carbocycles. The maximum atomic E-state index is 13.3. The van der Waals surface area contributed by atoms with Crippen LogP contribution in [0.2, 0.25) is 0 Å². The molecule has 1 aromatic carbocycles. The van der Waals surface area contributed by atoms with Crippen LogP contribution < -0.4 is 10.6 Å². The number of nitrogens with one attached hydrogen (secondary N) is 2. The number of hydrogen-bond donors (Lipinski definition) is 4. The molecule has 9 heteroatoms. The van der Waals surface area contributed by atoms with Crippen molar-refractivity contribution >= 4 is 17.7 Å². The summed E-state index contributed by atoms with van der Waals surface area (Å²) in [6.07, 6.45) is -0.465. The van der Waals surface area contributed by atoms with Gasteiger partial charge in [-0.05, 0) is 30.5 Å². The first kappa shape index (κ1) is 19.1. The summed E-state index contributed by atoms with van der Waals surface area (Å²) in [6, 6.07) is 3.11. The Morgan fingerprint density at radius 3 is 2.81 bits per heavy atom. The van der Waals surface area contributed by atoms with Crippen molar-refractivity contribution in [1.29, 1.82) is 0 Å². The summed E-state index contributed by atoms with van der Waals surface area (Å²) in [5, 5.41) is 24.7. The number of carbonyl (C=O) groups is 3. The molecule has 1 heterocycles. The summed E-state index contributed by atoms with van der Waals surface area (Å²) >= 11 is 0. The summed E-state index contributed by atoms with van der Waals surface area (Å²) in [7, 11) is 0. The Morgan fingerprint density at radius 1 is 1.33 bits per heavy atom. The first-order chi connectivity index (χ1) is 12.8. The molecular weight excluding hydrogens is 357 g/mol. The van der Waals surface area contributed by atoms with Crippen LogP contribution in [-0.2, 0) is 20.8 Å². The lowest BCUT2D eigenvalue weighted by molar-refractivity contribution is -0.141. The number of phenols is 1. The average molecular weight is 379 g/mol. The van der Waals surface area contributed by atoms with Gasteiger partial charge >= 0.3 is 0 Å². The number of hydrogen-bond acceptors (Lipinski definition) is 5. The molecule has 0 aromatic heterocycles. The van der Waals surface area contributed by atoms with Crippen LogP contribution in [-0.4, -0.2) is 64.6 Å². The number of aliphatic hydroxyl groups excluding tert-OH is 1. The van der Waals surface area contributed by atoms with Crippen molar-refractivity contribution in [3.05, 3.63) is 29.6 Å². The smallest absolute Gasteiger partial charge is 0.239 e. The summed E-state index contributed by atoms with van der Waals surface area (Å²) in [5.74, 6) is -2.56. The number of rotatable bonds is 4. The summed E-state index contributed by atoms with van der Waals surface area (Å²) in [6.45, 7) is 0.846. The normalized spacial score (nSPS) is 25.2. The molecule has 0 bridgehead atoms. The Labute approximate surface area is 155 Å². The molecule has 4 N–H and O–H groups in total. The van der Waals surface area contributed by atoms with Gasteiger partial charge in [0.2, 0.25) is 17.7 Å². The third kappa shape index (κ3) is 4.54. The highest BCUT2D eigenvalue weighted by molar-refractivity contribution is 5.87. The predicted octanol–water partition coefficient (Wildman–Crippen LogP) is -0.712. The van der Waals surface area contributed by atoms with Gasteiger partial charge in [-0.2, -0.15) is 0 Å². The van der Waals surface area contributed by atoms with Gasteiger partial charge in [0.25, 0.3) is 0 Å². The van der Waals surface area contributed by atoms with E-state index in [1.807, 2.05) is 0 Å². The van der Waals surface area contributed by atoms with Crippen molar-refractivity contribution in [2.24, 2.45) is 5.92 Å². The van der Waals surface area contributed by atoms with E-state index in [1.54, 1.807) is 0 Å². The Balaban J connectivity index is 1.54. The van der Waals surface area contributed by atoms with Crippen LogP contribution in [0, 0.1) is 11.7 Å². The lowest BCUT2D eigenvalue weighted by Gasteiger charge is -2.29. The summed E-state index contributed by atoms with van der Waals surface area (Å²) in [5.41, 5.74) is 0.391. The minimum atomic E-state index is -0.863. The van der Waals surface area contributed by atoms with E-state index in [0.29, 0.717) is 18.7 Å². The molecule has 0 radical (unpaired) electrons. The molecule has 0 spiro atoms. The quantitative estimate of drug-likeness (QED) is 0.551. The number of nitrogens with zero attached hydrogens (tertiary/aromatic N) is 1. The molecule has 1 aromatic rings. The average Bonchev–Trinajstić information content (AvgIpc) is 2.98. The third-order valence-corrected chi connectivity index (χ3v) is 4.95. The molecule has 8 nitrogen and oxygen atoms in total. The van der Waals surface area contributed by atoms with E-state index in [-0.39, 0.29) is 37.6 Å². The Bertz CT molecular complexity index is 757. The molecule has 3 amide bonds. The lowest BCUT2D eigenvalue weighted by Crippen LogP contribution is -2.51. The van der Waals surface area contributed by atoms with Gasteiger partial charge in [-0.25, -0.2) is 4.39 Å². The van der Waals surface area contributed by atoms with Gasteiger partial charge in [0.15, 0.2) is 11.6 Å². The number of carbonyl (C=O) groups excluding carboxylic acids is 3. The van der Waals surface area contributed by atoms with Crippen molar-refractivity contribution in [2.75, 3.05) is 19.6 Å². The second-order valence-corrected chi connectivity index (χ2v) is 6.98. The number of piperazine rings is 1. The van der Waals surface area contributed by atoms with Crippen molar-refractivity contribution in [3.63, 3.8) is 0 Å². The van der Waals surface area contributed by atoms with Gasteiger partial charge in [0.1, 0.15) is 0 Å². The van der Waals surface area contributed by atoms with Crippen molar-refractivity contribution in [1.82, 2.24) is 15.5 Å². The van der Waals surface area contributed by atoms with Crippen LogP contribution in [0.25, 0.3) is 0 Å². The third-order valence-electron chi connectivity index (χ3n) is 4.95. The van der Waals surface area contributed by atoms with Crippen LogP contribution in [0.3, 0.4) is 0 Å². The fraction of sp³-hybridized carbons (Fsp3) is 0.500. The van der Waals surface area contributed by atoms with Gasteiger partial charge in [0.05, 0.1) is 25.1 Å². The fourth-order valence-electron chi connectivity index (χ4n) is 3.56. The summed E-state index contributed by atoms with van der Waals surface area (Å²) < 4.78 is 13.3. The van der Waals surface area contributed by atoms with Gasteiger partial charge in [0, 0.05) is 19.0 Å². The van der Waals surface area contributed by atoms with E-state index in [0.717, 1.165) is 6.07 Å². The first-order valence-electron chi connectivity index (χ1n) is 8.84. The van der Waals surface area contributed by atoms with Crippen LogP contribution in [0.1, 0.15) is 18.4 Å². The highest BCUT2D eigenvalue weighted by atomic mass is 19.1. The molecule has 2 aliphatic rings. The molecule has 2 fully saturated rings. The van der Waals surface area contributed by atoms with Gasteiger partial charge in [-0.1, -0.05) is 6.07 Å². The Kier molecular flexibility index (Phi) is 5.59. The molecule has 0 unspecified atom stereocenters. The Morgan fingerprint density at radius 2 is 2.11 bits per heavy atom. The zero-order valence-electron chi connectivity index (χ0n) is 14.7. The SMILES string of the molecule is O=C1CN(C(=O)[C@@H]2C[C@@H](O)[C@H](NC(=O)Cc3ccc(O)c(F)c3)C2)CCN1. The second kappa shape index (κ2) is 7.91. The number of amides is 3. The zero-order chi connectivity index (χ0) is 19.6. The van der Waals surface area contributed by atoms with Crippen LogP contribution >= 0.6 is 0 Å². The molecule has 146 valence electrons. The Hall–Kier alpha value is -2.68. The maximum absolute atomic E-state index is 13.3. The van der Waals surface area contributed by atoms with E-state index in [2.05, 4.69) is 10.6 Å². The largest absolute Gasteiger partial charge is 0.505 e. The van der Waals surface area contributed by atoms with Crippen LogP contribution in [0.4, 0.5) is 4.39 Å². The highest BCUT2D eigenvalue weighted by Crippen LogP contribution is 2.28. The van der Waals surface area contributed by atoms with Crippen LogP contribution in [0.15, 0.2) is 18.2 Å². The van der Waals surface area contributed by atoms with Crippen LogP contribution in [0.5, 0.6) is 5.75 Å². The minimum Gasteiger partial charge on any atom is -0.505 e. The fourth-order valence-corrected chi connectivity index (χ4v) is 3.56. The van der Waals surface area contributed by atoms with Gasteiger partial charge in [-0.3, -0.25) is 14.4 Å². The number of aromatic hydroxyl groups is 1. The predicted molar refractivity (Wildman–Crippen MR) is 92.0 cm³/mol. The highest BCUT2D eigenvalue weighted by Gasteiger charge is 2.40. The van der Waals surface area contributed by atoms with E-state index in [4.69, 9.17) is 0 Å². The van der Waals surface area contributed by atoms with E-state index in [1.165, 1.54) is 17.0 Å².